The minimum atomic E-state index is -0.809. The molecule has 0 amide bonds. The summed E-state index contributed by atoms with van der Waals surface area (Å²) >= 11 is 3.43. The summed E-state index contributed by atoms with van der Waals surface area (Å²) < 4.78 is 18.2. The van der Waals surface area contributed by atoms with Crippen molar-refractivity contribution in [2.45, 2.75) is 19.4 Å². The highest BCUT2D eigenvalue weighted by molar-refractivity contribution is 9.10. The maximum absolute atomic E-state index is 9.82. The first-order valence-electron chi connectivity index (χ1n) is 9.28. The number of rotatable bonds is 5. The van der Waals surface area contributed by atoms with Crippen LogP contribution >= 0.6 is 15.9 Å². The molecule has 152 valence electrons. The number of fused-ring (bicyclic) bond motifs is 1. The largest absolute Gasteiger partial charge is 0.493 e. The molecule has 1 aliphatic heterocycles. The van der Waals surface area contributed by atoms with E-state index in [9.17, 15) is 5.26 Å². The van der Waals surface area contributed by atoms with Crippen LogP contribution in [0.2, 0.25) is 0 Å². The first-order valence-corrected chi connectivity index (χ1v) is 10.1. The van der Waals surface area contributed by atoms with Crippen LogP contribution in [0.5, 0.6) is 17.4 Å². The smallest absolute Gasteiger partial charge is 0.243 e. The zero-order chi connectivity index (χ0) is 21.3. The molecule has 2 N–H and O–H groups in total. The van der Waals surface area contributed by atoms with E-state index in [2.05, 4.69) is 32.2 Å². The number of para-hydroxylation sites is 1. The van der Waals surface area contributed by atoms with Crippen molar-refractivity contribution in [3.8, 4) is 23.4 Å². The van der Waals surface area contributed by atoms with Crippen LogP contribution in [0, 0.1) is 29.6 Å². The minimum absolute atomic E-state index is 0.136. The third-order valence-electron chi connectivity index (χ3n) is 5.09. The lowest BCUT2D eigenvalue weighted by molar-refractivity contribution is 0.279. The molecule has 0 bridgehead atoms. The fourth-order valence-electron chi connectivity index (χ4n) is 3.64. The number of methoxy groups -OCH3 is 1. The molecular formula is C22H19BrN4O3. The molecule has 0 aliphatic carbocycles. The van der Waals surface area contributed by atoms with E-state index >= 15 is 0 Å². The number of ether oxygens (including phenoxy) is 3. The quantitative estimate of drug-likeness (QED) is 0.566. The zero-order valence-corrected chi connectivity index (χ0v) is 18.0. The van der Waals surface area contributed by atoms with Crippen molar-refractivity contribution in [3.63, 3.8) is 0 Å². The van der Waals surface area contributed by atoms with Crippen LogP contribution in [0.15, 0.2) is 46.9 Å². The van der Waals surface area contributed by atoms with Crippen LogP contribution in [0.4, 0.5) is 0 Å². The van der Waals surface area contributed by atoms with Crippen molar-refractivity contribution < 1.29 is 14.2 Å². The number of nitrogens with one attached hydrogen (secondary N) is 2. The Morgan fingerprint density at radius 1 is 1.27 bits per heavy atom. The molecule has 3 aromatic rings. The molecule has 0 saturated heterocycles. The molecule has 2 atom stereocenters. The van der Waals surface area contributed by atoms with Gasteiger partial charge in [0.15, 0.2) is 11.5 Å². The van der Waals surface area contributed by atoms with Gasteiger partial charge in [0.2, 0.25) is 11.8 Å². The van der Waals surface area contributed by atoms with Crippen molar-refractivity contribution in [3.05, 3.63) is 69.3 Å². The number of hydrogen-bond acceptors (Lipinski definition) is 6. The van der Waals surface area contributed by atoms with Gasteiger partial charge in [-0.05, 0) is 30.7 Å². The Bertz CT molecular complexity index is 1130. The molecule has 0 saturated carbocycles. The molecule has 2 unspecified atom stereocenters. The summed E-state index contributed by atoms with van der Waals surface area (Å²) in [5, 5.41) is 25.1. The summed E-state index contributed by atoms with van der Waals surface area (Å²) in [4.78, 5) is 0. The second-order valence-electron chi connectivity index (χ2n) is 6.91. The molecule has 2 aromatic carbocycles. The van der Waals surface area contributed by atoms with Crippen LogP contribution in [-0.2, 0) is 6.61 Å². The molecule has 1 aliphatic rings. The predicted molar refractivity (Wildman–Crippen MR) is 114 cm³/mol. The molecule has 0 spiro atoms. The van der Waals surface area contributed by atoms with Gasteiger partial charge < -0.3 is 14.2 Å². The summed E-state index contributed by atoms with van der Waals surface area (Å²) in [6.07, 6.45) is 0. The van der Waals surface area contributed by atoms with Crippen molar-refractivity contribution in [1.82, 2.24) is 10.2 Å². The number of H-pyrrole nitrogens is 1. The van der Waals surface area contributed by atoms with Gasteiger partial charge in [-0.15, -0.1) is 5.10 Å². The summed E-state index contributed by atoms with van der Waals surface area (Å²) in [6.45, 7) is 2.20. The molecule has 0 radical (unpaired) electrons. The maximum Gasteiger partial charge on any atom is 0.243 e. The molecule has 30 heavy (non-hydrogen) atoms. The number of nitriles is 1. The van der Waals surface area contributed by atoms with E-state index in [0.29, 0.717) is 24.0 Å². The van der Waals surface area contributed by atoms with Gasteiger partial charge in [0.1, 0.15) is 12.5 Å². The normalized spacial score (nSPS) is 17.6. The molecule has 4 rings (SSSR count). The van der Waals surface area contributed by atoms with Gasteiger partial charge in [-0.3, -0.25) is 10.5 Å². The lowest BCUT2D eigenvalue weighted by atomic mass is 9.79. The third kappa shape index (κ3) is 3.53. The van der Waals surface area contributed by atoms with Gasteiger partial charge in [0.25, 0.3) is 0 Å². The topological polar surface area (TPSA) is 104 Å². The van der Waals surface area contributed by atoms with Crippen LogP contribution in [0.3, 0.4) is 0 Å². The molecule has 2 heterocycles. The number of nitrogens with zero attached hydrogens (tertiary/aromatic N) is 2. The number of hydrogen-bond donors (Lipinski definition) is 2. The van der Waals surface area contributed by atoms with Crippen molar-refractivity contribution in [2.75, 3.05) is 7.11 Å². The van der Waals surface area contributed by atoms with Gasteiger partial charge in [0.05, 0.1) is 13.2 Å². The van der Waals surface area contributed by atoms with E-state index in [1.807, 2.05) is 49.4 Å². The summed E-state index contributed by atoms with van der Waals surface area (Å²) in [5.41, 5.74) is 3.27. The predicted octanol–water partition coefficient (Wildman–Crippen LogP) is 4.71. The Kier molecular flexibility index (Phi) is 5.46. The lowest BCUT2D eigenvalue weighted by Gasteiger charge is -2.29. The van der Waals surface area contributed by atoms with Gasteiger partial charge in [-0.1, -0.05) is 40.2 Å². The van der Waals surface area contributed by atoms with E-state index in [1.54, 1.807) is 7.11 Å². The van der Waals surface area contributed by atoms with Crippen molar-refractivity contribution >= 4 is 21.8 Å². The number of benzene rings is 2. The minimum Gasteiger partial charge on any atom is -0.493 e. The molecule has 8 heteroatoms. The standard InChI is InChI=1S/C22H19BrN4O3/c1-12-18-19(16(10-24)21(25)30-22(18)27-26-12)15-4-3-5-17(28-2)20(15)29-11-13-6-8-14(23)9-7-13/h3-9,16,19,25H,11H2,1-2H3,(H,26,27). The highest BCUT2D eigenvalue weighted by Gasteiger charge is 2.41. The Morgan fingerprint density at radius 2 is 2.03 bits per heavy atom. The number of aromatic amines is 1. The average molecular weight is 467 g/mol. The number of aromatic nitrogens is 2. The number of aryl methyl sites for hydroxylation is 1. The second kappa shape index (κ2) is 8.20. The number of halogens is 1. The fourth-order valence-corrected chi connectivity index (χ4v) is 3.91. The molecule has 7 nitrogen and oxygen atoms in total. The van der Waals surface area contributed by atoms with E-state index in [-0.39, 0.29) is 5.90 Å². The van der Waals surface area contributed by atoms with Gasteiger partial charge in [-0.25, -0.2) is 0 Å². The van der Waals surface area contributed by atoms with E-state index in [1.165, 1.54) is 0 Å². The second-order valence-corrected chi connectivity index (χ2v) is 7.83. The first-order chi connectivity index (χ1) is 14.5. The van der Waals surface area contributed by atoms with Crippen LogP contribution in [0.1, 0.15) is 28.3 Å². The monoisotopic (exact) mass is 466 g/mol. The van der Waals surface area contributed by atoms with Crippen LogP contribution in [0.25, 0.3) is 0 Å². The van der Waals surface area contributed by atoms with E-state index < -0.39 is 11.8 Å². The maximum atomic E-state index is 9.82. The average Bonchev–Trinajstić information content (AvgIpc) is 3.12. The SMILES string of the molecule is COc1cccc(C2c3c(n[nH]c3C)OC(=N)C2C#N)c1OCc1ccc(Br)cc1. The van der Waals surface area contributed by atoms with Crippen molar-refractivity contribution in [1.29, 1.82) is 10.7 Å². The zero-order valence-electron chi connectivity index (χ0n) is 16.4. The molecule has 1 aromatic heterocycles. The fraction of sp³-hybridized carbons (Fsp3) is 0.227. The van der Waals surface area contributed by atoms with E-state index in [0.717, 1.165) is 26.9 Å². The van der Waals surface area contributed by atoms with E-state index in [4.69, 9.17) is 19.6 Å². The Hall–Kier alpha value is -3.31. The van der Waals surface area contributed by atoms with Crippen LogP contribution < -0.4 is 14.2 Å². The highest BCUT2D eigenvalue weighted by atomic mass is 79.9. The molecular weight excluding hydrogens is 448 g/mol. The van der Waals surface area contributed by atoms with Crippen molar-refractivity contribution in [2.24, 2.45) is 5.92 Å². The third-order valence-corrected chi connectivity index (χ3v) is 5.62. The Morgan fingerprint density at radius 3 is 2.73 bits per heavy atom. The lowest BCUT2D eigenvalue weighted by Crippen LogP contribution is -2.31. The Labute approximate surface area is 182 Å². The van der Waals surface area contributed by atoms with Gasteiger partial charge >= 0.3 is 0 Å². The van der Waals surface area contributed by atoms with Gasteiger partial charge in [0, 0.05) is 27.2 Å². The van der Waals surface area contributed by atoms with Gasteiger partial charge in [-0.2, -0.15) is 5.26 Å². The summed E-state index contributed by atoms with van der Waals surface area (Å²) in [7, 11) is 1.58. The van der Waals surface area contributed by atoms with Crippen LogP contribution in [-0.4, -0.2) is 23.2 Å². The summed E-state index contributed by atoms with van der Waals surface area (Å²) in [5.74, 6) is -0.00810. The molecule has 0 fully saturated rings. The Balaban J connectivity index is 1.80. The first kappa shape index (κ1) is 20.0. The summed E-state index contributed by atoms with van der Waals surface area (Å²) in [6, 6.07) is 15.6. The highest BCUT2D eigenvalue weighted by Crippen LogP contribution is 2.47.